The zero-order valence-electron chi connectivity index (χ0n) is 11.1. The topological polar surface area (TPSA) is 72.6 Å². The van der Waals surface area contributed by atoms with Crippen LogP contribution < -0.4 is 5.73 Å². The van der Waals surface area contributed by atoms with E-state index in [2.05, 4.69) is 6.92 Å². The minimum absolute atomic E-state index is 0.243. The van der Waals surface area contributed by atoms with Gasteiger partial charge in [0.05, 0.1) is 24.3 Å². The van der Waals surface area contributed by atoms with Crippen LogP contribution in [-0.4, -0.2) is 38.6 Å². The molecule has 1 aliphatic rings. The van der Waals surface area contributed by atoms with Gasteiger partial charge in [-0.1, -0.05) is 25.5 Å². The van der Waals surface area contributed by atoms with Crippen LogP contribution in [0.4, 0.5) is 0 Å². The molecule has 0 bridgehead atoms. The van der Waals surface area contributed by atoms with Gasteiger partial charge in [0.2, 0.25) is 10.0 Å². The van der Waals surface area contributed by atoms with E-state index in [4.69, 9.17) is 10.5 Å². The number of nitrogens with two attached hydrogens (primary N) is 1. The summed E-state index contributed by atoms with van der Waals surface area (Å²) in [5.74, 6) is 0. The summed E-state index contributed by atoms with van der Waals surface area (Å²) in [6.45, 7) is 3.03. The Balaban J connectivity index is 2.23. The van der Waals surface area contributed by atoms with E-state index in [1.807, 2.05) is 12.1 Å². The standard InChI is InChI=1S/C13H20N2O3S/c1-2-3-11-4-6-12(7-5-11)19(16,17)15-8-9-18-10-13(15)14/h4-7,13H,2-3,8-10,14H2,1H3. The maximum atomic E-state index is 12.5. The Hall–Kier alpha value is -0.950. The van der Waals surface area contributed by atoms with E-state index in [1.165, 1.54) is 4.31 Å². The van der Waals surface area contributed by atoms with Gasteiger partial charge in [-0.05, 0) is 24.1 Å². The van der Waals surface area contributed by atoms with Crippen LogP contribution in [-0.2, 0) is 21.2 Å². The average molecular weight is 284 g/mol. The monoisotopic (exact) mass is 284 g/mol. The lowest BCUT2D eigenvalue weighted by atomic mass is 10.1. The first-order chi connectivity index (χ1) is 9.05. The number of nitrogens with zero attached hydrogens (tertiary/aromatic N) is 1. The summed E-state index contributed by atoms with van der Waals surface area (Å²) in [7, 11) is -3.51. The summed E-state index contributed by atoms with van der Waals surface area (Å²) >= 11 is 0. The van der Waals surface area contributed by atoms with Crippen LogP contribution in [0.5, 0.6) is 0 Å². The Kier molecular flexibility index (Phi) is 4.57. The molecule has 0 spiro atoms. The van der Waals surface area contributed by atoms with Crippen molar-refractivity contribution >= 4 is 10.0 Å². The van der Waals surface area contributed by atoms with Crippen molar-refractivity contribution in [2.45, 2.75) is 30.8 Å². The van der Waals surface area contributed by atoms with Gasteiger partial charge in [0.25, 0.3) is 0 Å². The number of hydrogen-bond acceptors (Lipinski definition) is 4. The molecule has 1 aromatic rings. The van der Waals surface area contributed by atoms with E-state index in [-0.39, 0.29) is 6.61 Å². The van der Waals surface area contributed by atoms with E-state index in [9.17, 15) is 8.42 Å². The maximum Gasteiger partial charge on any atom is 0.244 e. The first kappa shape index (κ1) is 14.5. The van der Waals surface area contributed by atoms with Crippen LogP contribution >= 0.6 is 0 Å². The summed E-state index contributed by atoms with van der Waals surface area (Å²) in [4.78, 5) is 0.296. The third kappa shape index (κ3) is 3.14. The summed E-state index contributed by atoms with van der Waals surface area (Å²) in [5.41, 5.74) is 6.95. The zero-order valence-corrected chi connectivity index (χ0v) is 11.9. The maximum absolute atomic E-state index is 12.5. The second kappa shape index (κ2) is 6.00. The molecule has 1 unspecified atom stereocenters. The van der Waals surface area contributed by atoms with Gasteiger partial charge in [0.15, 0.2) is 0 Å². The van der Waals surface area contributed by atoms with Crippen LogP contribution in [0.25, 0.3) is 0 Å². The predicted molar refractivity (Wildman–Crippen MR) is 73.1 cm³/mol. The minimum Gasteiger partial charge on any atom is -0.377 e. The second-order valence-corrected chi connectivity index (χ2v) is 6.54. The second-order valence-electron chi connectivity index (χ2n) is 4.65. The number of ether oxygens (including phenoxy) is 1. The molecular formula is C13H20N2O3S. The summed E-state index contributed by atoms with van der Waals surface area (Å²) in [5, 5.41) is 0. The van der Waals surface area contributed by atoms with Crippen molar-refractivity contribution < 1.29 is 13.2 Å². The first-order valence-corrected chi connectivity index (χ1v) is 7.94. The molecule has 2 rings (SSSR count). The van der Waals surface area contributed by atoms with Crippen LogP contribution in [0.2, 0.25) is 0 Å². The third-order valence-corrected chi connectivity index (χ3v) is 5.12. The van der Waals surface area contributed by atoms with Crippen LogP contribution in [0.1, 0.15) is 18.9 Å². The molecule has 6 heteroatoms. The molecule has 1 atom stereocenters. The Labute approximate surface area is 114 Å². The molecule has 106 valence electrons. The lowest BCUT2D eigenvalue weighted by Crippen LogP contribution is -2.53. The fraction of sp³-hybridized carbons (Fsp3) is 0.538. The van der Waals surface area contributed by atoms with E-state index in [0.717, 1.165) is 18.4 Å². The molecule has 0 aliphatic carbocycles. The van der Waals surface area contributed by atoms with Gasteiger partial charge >= 0.3 is 0 Å². The SMILES string of the molecule is CCCc1ccc(S(=O)(=O)N2CCOCC2N)cc1. The number of hydrogen-bond donors (Lipinski definition) is 1. The molecule has 19 heavy (non-hydrogen) atoms. The minimum atomic E-state index is -3.51. The Morgan fingerprint density at radius 1 is 1.37 bits per heavy atom. The highest BCUT2D eigenvalue weighted by molar-refractivity contribution is 7.89. The molecule has 1 heterocycles. The van der Waals surface area contributed by atoms with E-state index in [0.29, 0.717) is 18.0 Å². The summed E-state index contributed by atoms with van der Waals surface area (Å²) < 4.78 is 31.4. The first-order valence-electron chi connectivity index (χ1n) is 6.50. The molecule has 1 aromatic carbocycles. The molecule has 1 aliphatic heterocycles. The fourth-order valence-corrected chi connectivity index (χ4v) is 3.64. The number of sulfonamides is 1. The van der Waals surface area contributed by atoms with Gasteiger partial charge in [0.1, 0.15) is 0 Å². The van der Waals surface area contributed by atoms with Gasteiger partial charge < -0.3 is 10.5 Å². The lowest BCUT2D eigenvalue weighted by Gasteiger charge is -2.31. The normalized spacial score (nSPS) is 21.5. The highest BCUT2D eigenvalue weighted by atomic mass is 32.2. The highest BCUT2D eigenvalue weighted by Crippen LogP contribution is 2.19. The molecule has 2 N–H and O–H groups in total. The van der Waals surface area contributed by atoms with Crippen molar-refractivity contribution in [3.63, 3.8) is 0 Å². The number of aryl methyl sites for hydroxylation is 1. The number of rotatable bonds is 4. The van der Waals surface area contributed by atoms with Gasteiger partial charge in [-0.15, -0.1) is 0 Å². The molecule has 1 fully saturated rings. The zero-order chi connectivity index (χ0) is 13.9. The molecule has 0 radical (unpaired) electrons. The van der Waals surface area contributed by atoms with Crippen molar-refractivity contribution in [1.82, 2.24) is 4.31 Å². The highest BCUT2D eigenvalue weighted by Gasteiger charge is 2.31. The number of benzene rings is 1. The smallest absolute Gasteiger partial charge is 0.244 e. The largest absolute Gasteiger partial charge is 0.377 e. The Morgan fingerprint density at radius 2 is 2.05 bits per heavy atom. The van der Waals surface area contributed by atoms with Crippen LogP contribution in [0.3, 0.4) is 0 Å². The average Bonchev–Trinajstić information content (AvgIpc) is 2.40. The number of morpholine rings is 1. The van der Waals surface area contributed by atoms with Gasteiger partial charge in [-0.25, -0.2) is 8.42 Å². The Morgan fingerprint density at radius 3 is 2.63 bits per heavy atom. The van der Waals surface area contributed by atoms with Crippen LogP contribution in [0.15, 0.2) is 29.2 Å². The molecule has 0 saturated carbocycles. The van der Waals surface area contributed by atoms with E-state index in [1.54, 1.807) is 12.1 Å². The summed E-state index contributed by atoms with van der Waals surface area (Å²) in [6, 6.07) is 7.04. The third-order valence-electron chi connectivity index (χ3n) is 3.18. The predicted octanol–water partition coefficient (Wildman–Crippen LogP) is 0.945. The van der Waals surface area contributed by atoms with E-state index >= 15 is 0 Å². The van der Waals surface area contributed by atoms with Crippen molar-refractivity contribution in [3.8, 4) is 0 Å². The van der Waals surface area contributed by atoms with Crippen LogP contribution in [0, 0.1) is 0 Å². The Bertz CT molecular complexity index is 513. The van der Waals surface area contributed by atoms with Crippen molar-refractivity contribution in [1.29, 1.82) is 0 Å². The molecule has 1 saturated heterocycles. The molecule has 0 amide bonds. The molecular weight excluding hydrogens is 264 g/mol. The molecule has 0 aromatic heterocycles. The van der Waals surface area contributed by atoms with Gasteiger partial charge in [0, 0.05) is 6.54 Å². The van der Waals surface area contributed by atoms with Gasteiger partial charge in [-0.3, -0.25) is 0 Å². The lowest BCUT2D eigenvalue weighted by molar-refractivity contribution is 0.0350. The summed E-state index contributed by atoms with van der Waals surface area (Å²) in [6.07, 6.45) is 1.40. The fourth-order valence-electron chi connectivity index (χ4n) is 2.16. The van der Waals surface area contributed by atoms with E-state index < -0.39 is 16.2 Å². The van der Waals surface area contributed by atoms with Gasteiger partial charge in [-0.2, -0.15) is 4.31 Å². The van der Waals surface area contributed by atoms with Crippen molar-refractivity contribution in [3.05, 3.63) is 29.8 Å². The molecule has 5 nitrogen and oxygen atoms in total. The van der Waals surface area contributed by atoms with Crippen molar-refractivity contribution in [2.24, 2.45) is 5.73 Å². The quantitative estimate of drug-likeness (QED) is 0.893. The van der Waals surface area contributed by atoms with Crippen molar-refractivity contribution in [2.75, 3.05) is 19.8 Å².